The number of urea groups is 1. The molecule has 0 aliphatic carbocycles. The number of fused-ring (bicyclic) bond motifs is 1. The Hall–Kier alpha value is -3.49. The van der Waals surface area contributed by atoms with Crippen LogP contribution < -0.4 is 10.6 Å². The number of likely N-dealkylation sites (tertiary alicyclic amines) is 1. The Morgan fingerprint density at radius 2 is 2.03 bits per heavy atom. The first-order valence-electron chi connectivity index (χ1n) is 10.1. The minimum absolute atomic E-state index is 0.0618. The minimum atomic E-state index is -0.225. The Morgan fingerprint density at radius 3 is 2.80 bits per heavy atom. The molecule has 1 fully saturated rings. The molecular weight excluding hydrogens is 382 g/mol. The van der Waals surface area contributed by atoms with E-state index in [0.29, 0.717) is 30.0 Å². The number of rotatable bonds is 4. The molecule has 0 spiro atoms. The summed E-state index contributed by atoms with van der Waals surface area (Å²) in [6, 6.07) is 7.14. The number of aromatic nitrogens is 4. The second-order valence-electron chi connectivity index (χ2n) is 7.83. The van der Waals surface area contributed by atoms with E-state index >= 15 is 0 Å². The van der Waals surface area contributed by atoms with Crippen molar-refractivity contribution in [2.45, 2.75) is 39.2 Å². The van der Waals surface area contributed by atoms with Gasteiger partial charge in [0.25, 0.3) is 5.91 Å². The topological polar surface area (TPSA) is 105 Å². The molecule has 156 valence electrons. The van der Waals surface area contributed by atoms with Crippen LogP contribution in [0.2, 0.25) is 0 Å². The van der Waals surface area contributed by atoms with Crippen LogP contribution >= 0.6 is 0 Å². The smallest absolute Gasteiger partial charge is 0.317 e. The first-order valence-corrected chi connectivity index (χ1v) is 10.1. The molecule has 3 amide bonds. The van der Waals surface area contributed by atoms with Crippen LogP contribution in [0.1, 0.15) is 48.1 Å². The van der Waals surface area contributed by atoms with Gasteiger partial charge >= 0.3 is 6.03 Å². The van der Waals surface area contributed by atoms with Crippen LogP contribution in [0.4, 0.5) is 10.5 Å². The van der Waals surface area contributed by atoms with Crippen molar-refractivity contribution in [2.75, 3.05) is 18.4 Å². The highest BCUT2D eigenvalue weighted by Crippen LogP contribution is 2.26. The van der Waals surface area contributed by atoms with Gasteiger partial charge in [-0.3, -0.25) is 14.2 Å². The molecule has 1 unspecified atom stereocenters. The summed E-state index contributed by atoms with van der Waals surface area (Å²) in [5.41, 5.74) is 2.60. The van der Waals surface area contributed by atoms with Gasteiger partial charge in [-0.2, -0.15) is 0 Å². The maximum Gasteiger partial charge on any atom is 0.317 e. The number of aryl methyl sites for hydroxylation is 1. The average Bonchev–Trinajstić information content (AvgIpc) is 3.35. The summed E-state index contributed by atoms with van der Waals surface area (Å²) >= 11 is 0. The number of hydrogen-bond acceptors (Lipinski definition) is 5. The lowest BCUT2D eigenvalue weighted by Crippen LogP contribution is -2.41. The van der Waals surface area contributed by atoms with Crippen molar-refractivity contribution in [3.05, 3.63) is 53.7 Å². The van der Waals surface area contributed by atoms with Gasteiger partial charge in [-0.1, -0.05) is 0 Å². The standard InChI is InChI=1S/C21H25N7O2/c1-13(2)23-21(30)27-10-8-15(11-27)19-26-25-18-7-6-16(12-28(18)19)20(29)24-17-5-4-9-22-14(17)3/h4-7,9,12-13,15H,8,10-11H2,1-3H3,(H,23,30)(H,24,29). The van der Waals surface area contributed by atoms with E-state index in [-0.39, 0.29) is 23.9 Å². The van der Waals surface area contributed by atoms with Crippen LogP contribution in [0.25, 0.3) is 5.65 Å². The predicted octanol–water partition coefficient (Wildman–Crippen LogP) is 2.59. The number of nitrogens with one attached hydrogen (secondary N) is 2. The maximum atomic E-state index is 12.8. The number of anilines is 1. The van der Waals surface area contributed by atoms with Gasteiger partial charge in [0, 0.05) is 37.4 Å². The maximum absolute atomic E-state index is 12.8. The largest absolute Gasteiger partial charge is 0.336 e. The Labute approximate surface area is 174 Å². The van der Waals surface area contributed by atoms with Gasteiger partial charge in [-0.05, 0) is 51.5 Å². The van der Waals surface area contributed by atoms with Gasteiger partial charge in [0.15, 0.2) is 5.65 Å². The summed E-state index contributed by atoms with van der Waals surface area (Å²) < 4.78 is 1.85. The number of carbonyl (C=O) groups is 2. The summed E-state index contributed by atoms with van der Waals surface area (Å²) in [5, 5.41) is 14.4. The molecule has 0 aromatic carbocycles. The van der Waals surface area contributed by atoms with E-state index < -0.39 is 0 Å². The molecule has 4 heterocycles. The van der Waals surface area contributed by atoms with E-state index in [1.165, 1.54) is 0 Å². The Balaban J connectivity index is 1.54. The predicted molar refractivity (Wildman–Crippen MR) is 113 cm³/mol. The van der Waals surface area contributed by atoms with Gasteiger partial charge in [-0.15, -0.1) is 10.2 Å². The summed E-state index contributed by atoms with van der Waals surface area (Å²) in [6.07, 6.45) is 4.24. The van der Waals surface area contributed by atoms with Crippen molar-refractivity contribution >= 4 is 23.3 Å². The lowest BCUT2D eigenvalue weighted by Gasteiger charge is -2.18. The van der Waals surface area contributed by atoms with Crippen LogP contribution in [0.3, 0.4) is 0 Å². The summed E-state index contributed by atoms with van der Waals surface area (Å²) in [5.74, 6) is 0.603. The van der Waals surface area contributed by atoms with Crippen LogP contribution in [-0.4, -0.2) is 55.6 Å². The molecule has 0 saturated carbocycles. The molecule has 9 nitrogen and oxygen atoms in total. The third-order valence-corrected chi connectivity index (χ3v) is 5.20. The van der Waals surface area contributed by atoms with Crippen molar-refractivity contribution in [2.24, 2.45) is 0 Å². The lowest BCUT2D eigenvalue weighted by atomic mass is 10.1. The van der Waals surface area contributed by atoms with Crippen LogP contribution in [-0.2, 0) is 0 Å². The highest BCUT2D eigenvalue weighted by atomic mass is 16.2. The van der Waals surface area contributed by atoms with Gasteiger partial charge in [0.1, 0.15) is 5.82 Å². The third-order valence-electron chi connectivity index (χ3n) is 5.20. The third kappa shape index (κ3) is 3.96. The van der Waals surface area contributed by atoms with Gasteiger partial charge in [-0.25, -0.2) is 4.79 Å². The molecule has 1 saturated heterocycles. The molecule has 9 heteroatoms. The number of pyridine rings is 2. The zero-order chi connectivity index (χ0) is 21.3. The average molecular weight is 407 g/mol. The second kappa shape index (κ2) is 8.10. The van der Waals surface area contributed by atoms with Crippen molar-refractivity contribution in [3.8, 4) is 0 Å². The number of hydrogen-bond donors (Lipinski definition) is 2. The van der Waals surface area contributed by atoms with Crippen LogP contribution in [0.5, 0.6) is 0 Å². The molecule has 3 aromatic rings. The SMILES string of the molecule is Cc1ncccc1NC(=O)c1ccc2nnc(C3CCN(C(=O)NC(C)C)C3)n2c1. The van der Waals surface area contributed by atoms with E-state index in [1.54, 1.807) is 35.5 Å². The molecule has 1 aliphatic heterocycles. The minimum Gasteiger partial charge on any atom is -0.336 e. The summed E-state index contributed by atoms with van der Waals surface area (Å²) in [6.45, 7) is 6.97. The van der Waals surface area contributed by atoms with E-state index in [4.69, 9.17) is 0 Å². The van der Waals surface area contributed by atoms with Crippen molar-refractivity contribution in [1.82, 2.24) is 29.8 Å². The van der Waals surface area contributed by atoms with Gasteiger partial charge < -0.3 is 15.5 Å². The number of nitrogens with zero attached hydrogens (tertiary/aromatic N) is 5. The molecule has 0 bridgehead atoms. The highest BCUT2D eigenvalue weighted by Gasteiger charge is 2.30. The van der Waals surface area contributed by atoms with Crippen LogP contribution in [0, 0.1) is 6.92 Å². The zero-order valence-corrected chi connectivity index (χ0v) is 17.3. The quantitative estimate of drug-likeness (QED) is 0.692. The monoisotopic (exact) mass is 407 g/mol. The molecule has 30 heavy (non-hydrogen) atoms. The molecular formula is C21H25N7O2. The van der Waals surface area contributed by atoms with Crippen molar-refractivity contribution in [1.29, 1.82) is 0 Å². The summed E-state index contributed by atoms with van der Waals surface area (Å²) in [7, 11) is 0. The Kier molecular flexibility index (Phi) is 5.35. The molecule has 4 rings (SSSR count). The summed E-state index contributed by atoms with van der Waals surface area (Å²) in [4.78, 5) is 31.0. The van der Waals surface area contributed by atoms with E-state index in [0.717, 1.165) is 17.9 Å². The second-order valence-corrected chi connectivity index (χ2v) is 7.83. The Bertz CT molecular complexity index is 1090. The fourth-order valence-electron chi connectivity index (χ4n) is 3.63. The zero-order valence-electron chi connectivity index (χ0n) is 17.3. The normalized spacial score (nSPS) is 16.3. The number of carbonyl (C=O) groups excluding carboxylic acids is 2. The van der Waals surface area contributed by atoms with E-state index in [9.17, 15) is 9.59 Å². The Morgan fingerprint density at radius 1 is 1.20 bits per heavy atom. The van der Waals surface area contributed by atoms with E-state index in [2.05, 4.69) is 25.8 Å². The fourth-order valence-corrected chi connectivity index (χ4v) is 3.63. The van der Waals surface area contributed by atoms with E-state index in [1.807, 2.05) is 31.2 Å². The first kappa shape index (κ1) is 19.8. The molecule has 1 aliphatic rings. The molecule has 1 atom stereocenters. The van der Waals surface area contributed by atoms with Crippen LogP contribution in [0.15, 0.2) is 36.7 Å². The number of amides is 3. The van der Waals surface area contributed by atoms with Gasteiger partial charge in [0.05, 0.1) is 16.9 Å². The molecule has 0 radical (unpaired) electrons. The molecule has 2 N–H and O–H groups in total. The fraction of sp³-hybridized carbons (Fsp3) is 0.381. The van der Waals surface area contributed by atoms with Crippen molar-refractivity contribution in [3.63, 3.8) is 0 Å². The van der Waals surface area contributed by atoms with Crippen molar-refractivity contribution < 1.29 is 9.59 Å². The lowest BCUT2D eigenvalue weighted by molar-refractivity contribution is 0.102. The highest BCUT2D eigenvalue weighted by molar-refractivity contribution is 6.04. The molecule has 3 aromatic heterocycles. The first-order chi connectivity index (χ1) is 14.4. The van der Waals surface area contributed by atoms with Gasteiger partial charge in [0.2, 0.25) is 0 Å².